The molecule has 1 atom stereocenters. The normalized spacial score (nSPS) is 12.7. The van der Waals surface area contributed by atoms with Crippen molar-refractivity contribution in [3.63, 3.8) is 0 Å². The number of aromatic nitrogens is 2. The summed E-state index contributed by atoms with van der Waals surface area (Å²) in [6.07, 6.45) is 0.753. The Morgan fingerprint density at radius 2 is 2.35 bits per heavy atom. The van der Waals surface area contributed by atoms with E-state index in [9.17, 15) is 0 Å². The zero-order valence-electron chi connectivity index (χ0n) is 11.8. The molecule has 0 aliphatic rings. The average Bonchev–Trinajstić information content (AvgIpc) is 3.03. The maximum atomic E-state index is 5.74. The first-order valence-corrected chi connectivity index (χ1v) is 8.08. The van der Waals surface area contributed by atoms with E-state index in [0.717, 1.165) is 39.5 Å². The molecule has 2 aromatic heterocycles. The van der Waals surface area contributed by atoms with Crippen molar-refractivity contribution in [1.29, 1.82) is 0 Å². The van der Waals surface area contributed by atoms with Gasteiger partial charge in [0.15, 0.2) is 0 Å². The summed E-state index contributed by atoms with van der Waals surface area (Å²) in [5.74, 6) is 6.61. The van der Waals surface area contributed by atoms with Crippen LogP contribution in [0.5, 0.6) is 5.75 Å². The van der Waals surface area contributed by atoms with E-state index >= 15 is 0 Å². The second kappa shape index (κ2) is 6.71. The first kappa shape index (κ1) is 15.5. The smallest absolute Gasteiger partial charge is 0.134 e. The Morgan fingerprint density at radius 1 is 1.60 bits per heavy atom. The number of halogens is 1. The summed E-state index contributed by atoms with van der Waals surface area (Å²) in [5, 5.41) is 6.52. The molecule has 0 aliphatic carbocycles. The van der Waals surface area contributed by atoms with Crippen molar-refractivity contribution in [2.24, 2.45) is 5.84 Å². The van der Waals surface area contributed by atoms with Gasteiger partial charge in [0.1, 0.15) is 5.75 Å². The Bertz CT molecular complexity index is 581. The van der Waals surface area contributed by atoms with Gasteiger partial charge in [0.05, 0.1) is 33.9 Å². The molecule has 0 fully saturated rings. The fraction of sp³-hybridized carbons (Fsp3) is 0.462. The molecular formula is C13H19BrN4OS. The van der Waals surface area contributed by atoms with Crippen LogP contribution in [0.1, 0.15) is 29.2 Å². The van der Waals surface area contributed by atoms with Crippen LogP contribution in [0.15, 0.2) is 15.9 Å². The Balaban J connectivity index is 2.31. The maximum Gasteiger partial charge on any atom is 0.134 e. The van der Waals surface area contributed by atoms with Gasteiger partial charge in [-0.1, -0.05) is 0 Å². The highest BCUT2D eigenvalue weighted by atomic mass is 79.9. The van der Waals surface area contributed by atoms with Crippen LogP contribution >= 0.6 is 27.3 Å². The number of hydrazine groups is 1. The lowest BCUT2D eigenvalue weighted by Gasteiger charge is -2.17. The molecule has 2 aromatic rings. The van der Waals surface area contributed by atoms with Crippen molar-refractivity contribution < 1.29 is 4.74 Å². The molecule has 0 spiro atoms. The molecule has 5 nitrogen and oxygen atoms in total. The summed E-state index contributed by atoms with van der Waals surface area (Å²) < 4.78 is 8.43. The monoisotopic (exact) mass is 358 g/mol. The van der Waals surface area contributed by atoms with Crippen LogP contribution in [-0.2, 0) is 13.0 Å². The van der Waals surface area contributed by atoms with Crippen molar-refractivity contribution in [3.8, 4) is 5.75 Å². The molecular weight excluding hydrogens is 340 g/mol. The lowest BCUT2D eigenvalue weighted by Crippen LogP contribution is -2.30. The summed E-state index contributed by atoms with van der Waals surface area (Å²) >= 11 is 5.26. The third kappa shape index (κ3) is 2.90. The van der Waals surface area contributed by atoms with Crippen molar-refractivity contribution in [1.82, 2.24) is 15.2 Å². The molecule has 0 saturated heterocycles. The number of methoxy groups -OCH3 is 1. The van der Waals surface area contributed by atoms with Crippen molar-refractivity contribution in [2.45, 2.75) is 32.9 Å². The van der Waals surface area contributed by atoms with Gasteiger partial charge in [-0.2, -0.15) is 5.10 Å². The number of nitrogens with zero attached hydrogens (tertiary/aromatic N) is 2. The van der Waals surface area contributed by atoms with Gasteiger partial charge in [-0.3, -0.25) is 16.0 Å². The number of rotatable bonds is 6. The topological polar surface area (TPSA) is 65.1 Å². The van der Waals surface area contributed by atoms with Gasteiger partial charge in [-0.15, -0.1) is 11.3 Å². The van der Waals surface area contributed by atoms with Crippen LogP contribution < -0.4 is 16.0 Å². The lowest BCUT2D eigenvalue weighted by atomic mass is 10.1. The number of nitrogens with one attached hydrogen (secondary N) is 1. The summed E-state index contributed by atoms with van der Waals surface area (Å²) in [5.41, 5.74) is 5.02. The molecule has 20 heavy (non-hydrogen) atoms. The van der Waals surface area contributed by atoms with E-state index in [4.69, 9.17) is 10.6 Å². The van der Waals surface area contributed by atoms with E-state index in [1.165, 1.54) is 0 Å². The summed E-state index contributed by atoms with van der Waals surface area (Å²) in [7, 11) is 1.68. The molecule has 7 heteroatoms. The second-order valence-corrected chi connectivity index (χ2v) is 6.18. The zero-order chi connectivity index (χ0) is 14.7. The highest BCUT2D eigenvalue weighted by molar-refractivity contribution is 9.10. The minimum absolute atomic E-state index is 0.00245. The number of thiophene rings is 1. The van der Waals surface area contributed by atoms with Gasteiger partial charge >= 0.3 is 0 Å². The van der Waals surface area contributed by atoms with E-state index in [1.807, 2.05) is 23.1 Å². The Hall–Kier alpha value is -0.890. The number of hydrogen-bond acceptors (Lipinski definition) is 5. The summed E-state index contributed by atoms with van der Waals surface area (Å²) in [6, 6.07) is 1.96. The molecule has 3 N–H and O–H groups in total. The van der Waals surface area contributed by atoms with Crippen LogP contribution in [0, 0.1) is 6.92 Å². The molecule has 0 bridgehead atoms. The molecule has 2 heterocycles. The number of nitrogens with two attached hydrogens (primary N) is 1. The minimum atomic E-state index is 0.00245. The molecule has 2 rings (SSSR count). The fourth-order valence-corrected chi connectivity index (χ4v) is 3.58. The number of hydrogen-bond donors (Lipinski definition) is 2. The van der Waals surface area contributed by atoms with Gasteiger partial charge < -0.3 is 4.74 Å². The predicted octanol–water partition coefficient (Wildman–Crippen LogP) is 2.79. The van der Waals surface area contributed by atoms with Crippen molar-refractivity contribution in [2.75, 3.05) is 7.11 Å². The molecule has 0 aliphatic heterocycles. The number of aryl methyl sites for hydroxylation is 2. The predicted molar refractivity (Wildman–Crippen MR) is 85.0 cm³/mol. The summed E-state index contributed by atoms with van der Waals surface area (Å²) in [4.78, 5) is 1.10. The highest BCUT2D eigenvalue weighted by Gasteiger charge is 2.21. The van der Waals surface area contributed by atoms with Crippen LogP contribution in [0.25, 0.3) is 0 Å². The van der Waals surface area contributed by atoms with Gasteiger partial charge in [0, 0.05) is 13.0 Å². The molecule has 1 unspecified atom stereocenters. The molecule has 0 amide bonds. The number of ether oxygens (including phenoxy) is 1. The molecule has 0 saturated carbocycles. The first-order valence-electron chi connectivity index (χ1n) is 6.41. The Kier molecular flexibility index (Phi) is 5.20. The Morgan fingerprint density at radius 3 is 2.95 bits per heavy atom. The largest absolute Gasteiger partial charge is 0.496 e. The maximum absolute atomic E-state index is 5.74. The van der Waals surface area contributed by atoms with Crippen LogP contribution in [0.2, 0.25) is 0 Å². The van der Waals surface area contributed by atoms with Crippen LogP contribution in [-0.4, -0.2) is 16.9 Å². The highest BCUT2D eigenvalue weighted by Crippen LogP contribution is 2.34. The molecule has 110 valence electrons. The van der Waals surface area contributed by atoms with E-state index in [1.54, 1.807) is 18.4 Å². The summed E-state index contributed by atoms with van der Waals surface area (Å²) in [6.45, 7) is 4.91. The van der Waals surface area contributed by atoms with Gasteiger partial charge in [0.2, 0.25) is 0 Å². The van der Waals surface area contributed by atoms with E-state index in [2.05, 4.69) is 33.4 Å². The van der Waals surface area contributed by atoms with Crippen molar-refractivity contribution in [3.05, 3.63) is 32.2 Å². The molecule has 0 radical (unpaired) electrons. The van der Waals surface area contributed by atoms with Gasteiger partial charge in [0.25, 0.3) is 0 Å². The SMILES string of the molecule is CCn1nc(C)c(Br)c1CC(NN)c1sccc1OC. The standard InChI is InChI=1S/C13H19BrN4OS/c1-4-18-10(12(14)8(2)17-18)7-9(16-15)13-11(19-3)5-6-20-13/h5-6,9,16H,4,7,15H2,1-3H3. The van der Waals surface area contributed by atoms with E-state index in [0.29, 0.717) is 0 Å². The van der Waals surface area contributed by atoms with E-state index in [-0.39, 0.29) is 6.04 Å². The van der Waals surface area contributed by atoms with Gasteiger partial charge in [-0.05, 0) is 41.2 Å². The van der Waals surface area contributed by atoms with Crippen LogP contribution in [0.4, 0.5) is 0 Å². The second-order valence-electron chi connectivity index (χ2n) is 4.44. The fourth-order valence-electron chi connectivity index (χ4n) is 2.22. The third-order valence-corrected chi connectivity index (χ3v) is 5.29. The third-order valence-electron chi connectivity index (χ3n) is 3.25. The van der Waals surface area contributed by atoms with Crippen molar-refractivity contribution >= 4 is 27.3 Å². The minimum Gasteiger partial charge on any atom is -0.496 e. The first-order chi connectivity index (χ1) is 9.62. The average molecular weight is 359 g/mol. The zero-order valence-corrected chi connectivity index (χ0v) is 14.2. The quantitative estimate of drug-likeness (QED) is 0.615. The molecule has 0 aromatic carbocycles. The van der Waals surface area contributed by atoms with Gasteiger partial charge in [-0.25, -0.2) is 0 Å². The Labute approximate surface area is 131 Å². The lowest BCUT2D eigenvalue weighted by molar-refractivity contribution is 0.402. The van der Waals surface area contributed by atoms with E-state index < -0.39 is 0 Å². The van der Waals surface area contributed by atoms with Crippen LogP contribution in [0.3, 0.4) is 0 Å².